The molecule has 0 aliphatic heterocycles. The van der Waals surface area contributed by atoms with Gasteiger partial charge in [-0.05, 0) is 6.92 Å². The quantitative estimate of drug-likeness (QED) is 0.450. The normalized spacial score (nSPS) is 10.7. The van der Waals surface area contributed by atoms with Crippen LogP contribution in [0, 0.1) is 6.92 Å². The summed E-state index contributed by atoms with van der Waals surface area (Å²) in [5.74, 6) is 0. The SMILES string of the molecule is Cc1ccc(CCCCCCC[CH2][Al+2])cc1.[H-].[H-]. The van der Waals surface area contributed by atoms with Gasteiger partial charge in [-0.15, -0.1) is 0 Å². The van der Waals surface area contributed by atoms with Gasteiger partial charge in [0.05, 0.1) is 0 Å². The largest absolute Gasteiger partial charge is 1.00 e. The smallest absolute Gasteiger partial charge is 1.00 e. The second kappa shape index (κ2) is 8.85. The number of aryl methyl sites for hydroxylation is 2. The van der Waals surface area contributed by atoms with E-state index >= 15 is 0 Å². The fourth-order valence-corrected chi connectivity index (χ4v) is 2.22. The first kappa shape index (κ1) is 13.8. The summed E-state index contributed by atoms with van der Waals surface area (Å²) in [6.07, 6.45) is 9.62. The molecule has 0 saturated heterocycles. The van der Waals surface area contributed by atoms with Crippen molar-refractivity contribution in [2.45, 2.75) is 57.2 Å². The summed E-state index contributed by atoms with van der Waals surface area (Å²) in [6, 6.07) is 8.97. The van der Waals surface area contributed by atoms with Crippen LogP contribution in [0.2, 0.25) is 5.28 Å². The van der Waals surface area contributed by atoms with Crippen LogP contribution in [0.5, 0.6) is 0 Å². The van der Waals surface area contributed by atoms with Crippen molar-refractivity contribution < 1.29 is 2.85 Å². The minimum Gasteiger partial charge on any atom is -1.00 e. The van der Waals surface area contributed by atoms with E-state index in [1.807, 2.05) is 0 Å². The molecule has 88 valence electrons. The van der Waals surface area contributed by atoms with E-state index in [9.17, 15) is 0 Å². The Morgan fingerprint density at radius 2 is 1.44 bits per heavy atom. The zero-order valence-electron chi connectivity index (χ0n) is 12.5. The minimum absolute atomic E-state index is 0. The predicted octanol–water partition coefficient (Wildman–Crippen LogP) is 4.69. The van der Waals surface area contributed by atoms with Crippen LogP contribution in [0.25, 0.3) is 0 Å². The van der Waals surface area contributed by atoms with Crippen molar-refractivity contribution in [3.8, 4) is 0 Å². The van der Waals surface area contributed by atoms with Crippen LogP contribution in [-0.4, -0.2) is 16.3 Å². The van der Waals surface area contributed by atoms with Gasteiger partial charge in [-0.1, -0.05) is 0 Å². The van der Waals surface area contributed by atoms with E-state index in [0.717, 1.165) is 0 Å². The van der Waals surface area contributed by atoms with Gasteiger partial charge in [0, 0.05) is 0 Å². The van der Waals surface area contributed by atoms with Crippen LogP contribution in [-0.2, 0) is 6.42 Å². The predicted molar refractivity (Wildman–Crippen MR) is 75.4 cm³/mol. The molecular weight excluding hydrogens is 207 g/mol. The zero-order valence-corrected chi connectivity index (χ0v) is 11.7. The first-order valence-corrected chi connectivity index (χ1v) is 7.40. The second-order valence-corrected chi connectivity index (χ2v) is 5.22. The van der Waals surface area contributed by atoms with Gasteiger partial charge < -0.3 is 2.85 Å². The molecule has 1 aromatic carbocycles. The Morgan fingerprint density at radius 1 is 0.875 bits per heavy atom. The van der Waals surface area contributed by atoms with E-state index in [1.165, 1.54) is 61.4 Å². The van der Waals surface area contributed by atoms with Gasteiger partial charge in [-0.25, -0.2) is 0 Å². The van der Waals surface area contributed by atoms with Gasteiger partial charge in [0.2, 0.25) is 0 Å². The maximum absolute atomic E-state index is 2.81. The molecular formula is C15H25Al. The molecule has 0 unspecified atom stereocenters. The van der Waals surface area contributed by atoms with Gasteiger partial charge >= 0.3 is 102 Å². The Labute approximate surface area is 112 Å². The Bertz CT molecular complexity index is 272. The van der Waals surface area contributed by atoms with Gasteiger partial charge in [0.25, 0.3) is 0 Å². The van der Waals surface area contributed by atoms with Crippen LogP contribution in [0.4, 0.5) is 0 Å². The van der Waals surface area contributed by atoms with Crippen molar-refractivity contribution in [1.29, 1.82) is 0 Å². The molecule has 0 aromatic heterocycles. The minimum atomic E-state index is 0. The molecule has 0 bridgehead atoms. The standard InChI is InChI=1S/C15H23.Al.2H/c1-3-4-5-6-7-8-9-15-12-10-14(2)11-13-15;;;/h10-13H,1,3-9H2,2H3;;;/q;+2;2*-1. The van der Waals surface area contributed by atoms with Crippen LogP contribution in [0.3, 0.4) is 0 Å². The maximum Gasteiger partial charge on any atom is -1.00 e. The molecule has 0 spiro atoms. The number of unbranched alkanes of at least 4 members (excludes halogenated alkanes) is 5. The van der Waals surface area contributed by atoms with Gasteiger partial charge in [-0.2, -0.15) is 0 Å². The average Bonchev–Trinajstić information content (AvgIpc) is 2.30. The third-order valence-corrected chi connectivity index (χ3v) is 3.45. The van der Waals surface area contributed by atoms with Crippen molar-refractivity contribution in [3.63, 3.8) is 0 Å². The third-order valence-electron chi connectivity index (χ3n) is 3.04. The Kier molecular flexibility index (Phi) is 7.64. The molecule has 0 radical (unpaired) electrons. The summed E-state index contributed by atoms with van der Waals surface area (Å²) >= 11 is 2.81. The topological polar surface area (TPSA) is 0 Å². The summed E-state index contributed by atoms with van der Waals surface area (Å²) in [5, 5.41) is 1.27. The molecule has 1 heteroatoms. The van der Waals surface area contributed by atoms with Crippen molar-refractivity contribution in [2.75, 3.05) is 0 Å². The fraction of sp³-hybridized carbons (Fsp3) is 0.600. The summed E-state index contributed by atoms with van der Waals surface area (Å²) in [6.45, 7) is 2.15. The number of benzene rings is 1. The molecule has 16 heavy (non-hydrogen) atoms. The van der Waals surface area contributed by atoms with E-state index < -0.39 is 0 Å². The van der Waals surface area contributed by atoms with E-state index in [-0.39, 0.29) is 2.85 Å². The fourth-order valence-electron chi connectivity index (χ4n) is 1.94. The van der Waals surface area contributed by atoms with Gasteiger partial charge in [0.1, 0.15) is 0 Å². The molecule has 0 fully saturated rings. The van der Waals surface area contributed by atoms with Crippen LogP contribution < -0.4 is 0 Å². The van der Waals surface area contributed by atoms with Crippen LogP contribution >= 0.6 is 0 Å². The van der Waals surface area contributed by atoms with Gasteiger partial charge in [0.15, 0.2) is 0 Å². The van der Waals surface area contributed by atoms with Crippen LogP contribution in [0.15, 0.2) is 24.3 Å². The van der Waals surface area contributed by atoms with E-state index in [1.54, 1.807) is 0 Å². The molecule has 0 aliphatic carbocycles. The van der Waals surface area contributed by atoms with Crippen LogP contribution in [0.1, 0.15) is 52.5 Å². The zero-order chi connectivity index (χ0) is 11.6. The van der Waals surface area contributed by atoms with Crippen molar-refractivity contribution >= 4 is 16.3 Å². The monoisotopic (exact) mass is 232 g/mol. The van der Waals surface area contributed by atoms with Crippen molar-refractivity contribution in [3.05, 3.63) is 35.4 Å². The van der Waals surface area contributed by atoms with Crippen molar-refractivity contribution in [1.82, 2.24) is 0 Å². The number of rotatable bonds is 8. The molecule has 1 aromatic rings. The maximum atomic E-state index is 2.81. The van der Waals surface area contributed by atoms with E-state index in [2.05, 4.69) is 47.5 Å². The molecule has 0 nitrogen and oxygen atoms in total. The van der Waals surface area contributed by atoms with E-state index in [4.69, 9.17) is 0 Å². The molecule has 0 aliphatic rings. The Morgan fingerprint density at radius 3 is 2.06 bits per heavy atom. The molecule has 0 saturated carbocycles. The Hall–Kier alpha value is -0.248. The molecule has 1 rings (SSSR count). The first-order valence-electron chi connectivity index (χ1n) is 6.58. The second-order valence-electron chi connectivity index (χ2n) is 4.65. The average molecular weight is 232 g/mol. The molecule has 0 atom stereocenters. The van der Waals surface area contributed by atoms with Crippen molar-refractivity contribution in [2.24, 2.45) is 0 Å². The number of hydrogen-bond donors (Lipinski definition) is 0. The molecule has 0 amide bonds. The summed E-state index contributed by atoms with van der Waals surface area (Å²) in [7, 11) is 0. The summed E-state index contributed by atoms with van der Waals surface area (Å²) in [5.41, 5.74) is 2.86. The summed E-state index contributed by atoms with van der Waals surface area (Å²) < 4.78 is 0. The molecule has 0 heterocycles. The number of hydrogen-bond acceptors (Lipinski definition) is 0. The Balaban J connectivity index is 0. The third kappa shape index (κ3) is 6.36. The van der Waals surface area contributed by atoms with Gasteiger partial charge in [-0.3, -0.25) is 0 Å². The van der Waals surface area contributed by atoms with E-state index in [0.29, 0.717) is 0 Å². The molecule has 0 N–H and O–H groups in total. The summed E-state index contributed by atoms with van der Waals surface area (Å²) in [4.78, 5) is 0. The first-order chi connectivity index (χ1) is 7.83.